The molecule has 1 saturated carbocycles. The van der Waals surface area contributed by atoms with E-state index >= 15 is 0 Å². The number of benzene rings is 2. The molecule has 2 aromatic carbocycles. The molecule has 136 valence electrons. The van der Waals surface area contributed by atoms with Gasteiger partial charge in [-0.05, 0) is 30.5 Å². The lowest BCUT2D eigenvalue weighted by molar-refractivity contribution is -0.121. The van der Waals surface area contributed by atoms with Gasteiger partial charge in [-0.1, -0.05) is 42.5 Å². The lowest BCUT2D eigenvalue weighted by Crippen LogP contribution is -2.43. The van der Waals surface area contributed by atoms with Crippen molar-refractivity contribution in [1.82, 2.24) is 5.32 Å². The van der Waals surface area contributed by atoms with E-state index in [4.69, 9.17) is 0 Å². The first-order valence-electron chi connectivity index (χ1n) is 9.14. The standard InChI is InChI=1S/C22H26N2O2/c1-24(2)20-11-7-6-10-19(20)21(26)23-16-22(14-12-18(25)13-15-22)17-8-4-3-5-9-17/h3-11H,12-16H2,1-2H3,(H,23,26). The van der Waals surface area contributed by atoms with Gasteiger partial charge in [-0.3, -0.25) is 9.59 Å². The highest BCUT2D eigenvalue weighted by Crippen LogP contribution is 2.38. The number of carbonyl (C=O) groups is 2. The first kappa shape index (κ1) is 18.2. The Kier molecular flexibility index (Phi) is 5.40. The average Bonchev–Trinajstić information content (AvgIpc) is 2.68. The van der Waals surface area contributed by atoms with Crippen molar-refractivity contribution >= 4 is 17.4 Å². The number of nitrogens with one attached hydrogen (secondary N) is 1. The number of Topliss-reactive ketones (excluding diaryl/α,β-unsaturated/α-hetero) is 1. The zero-order chi connectivity index (χ0) is 18.6. The van der Waals surface area contributed by atoms with Gasteiger partial charge in [0.05, 0.1) is 5.56 Å². The van der Waals surface area contributed by atoms with E-state index in [9.17, 15) is 9.59 Å². The van der Waals surface area contributed by atoms with Gasteiger partial charge in [-0.2, -0.15) is 0 Å². The van der Waals surface area contributed by atoms with E-state index in [2.05, 4.69) is 17.4 Å². The van der Waals surface area contributed by atoms with Crippen LogP contribution in [-0.2, 0) is 10.2 Å². The Morgan fingerprint density at radius 2 is 1.62 bits per heavy atom. The molecule has 1 aliphatic carbocycles. The van der Waals surface area contributed by atoms with Crippen LogP contribution in [0.2, 0.25) is 0 Å². The Balaban J connectivity index is 1.81. The molecule has 4 heteroatoms. The number of ketones is 1. The molecule has 0 unspecified atom stereocenters. The van der Waals surface area contributed by atoms with Gasteiger partial charge < -0.3 is 10.2 Å². The van der Waals surface area contributed by atoms with Crippen LogP contribution in [0.3, 0.4) is 0 Å². The summed E-state index contributed by atoms with van der Waals surface area (Å²) in [5, 5.41) is 3.14. The number of amides is 1. The smallest absolute Gasteiger partial charge is 0.253 e. The molecule has 0 aliphatic heterocycles. The van der Waals surface area contributed by atoms with Crippen molar-refractivity contribution in [2.45, 2.75) is 31.1 Å². The Morgan fingerprint density at radius 3 is 2.27 bits per heavy atom. The van der Waals surface area contributed by atoms with Crippen LogP contribution >= 0.6 is 0 Å². The summed E-state index contributed by atoms with van der Waals surface area (Å²) in [6, 6.07) is 17.9. The van der Waals surface area contributed by atoms with Gasteiger partial charge in [0, 0.05) is 44.6 Å². The molecule has 0 heterocycles. The van der Waals surface area contributed by atoms with Crippen LogP contribution in [0.4, 0.5) is 5.69 Å². The molecule has 26 heavy (non-hydrogen) atoms. The second-order valence-electron chi connectivity index (χ2n) is 7.28. The summed E-state index contributed by atoms with van der Waals surface area (Å²) in [6.07, 6.45) is 2.73. The van der Waals surface area contributed by atoms with E-state index in [0.29, 0.717) is 30.7 Å². The highest BCUT2D eigenvalue weighted by Gasteiger charge is 2.36. The molecule has 1 N–H and O–H groups in total. The molecule has 1 amide bonds. The van der Waals surface area contributed by atoms with E-state index < -0.39 is 0 Å². The molecule has 3 rings (SSSR count). The Labute approximate surface area is 155 Å². The summed E-state index contributed by atoms with van der Waals surface area (Å²) >= 11 is 0. The van der Waals surface area contributed by atoms with Crippen LogP contribution < -0.4 is 10.2 Å². The maximum Gasteiger partial charge on any atom is 0.253 e. The minimum absolute atomic E-state index is 0.0680. The number of para-hydroxylation sites is 1. The fraction of sp³-hybridized carbons (Fsp3) is 0.364. The molecule has 0 bridgehead atoms. The van der Waals surface area contributed by atoms with Crippen LogP contribution in [-0.4, -0.2) is 32.3 Å². The van der Waals surface area contributed by atoms with Gasteiger partial charge in [0.2, 0.25) is 0 Å². The topological polar surface area (TPSA) is 49.4 Å². The fourth-order valence-corrected chi connectivity index (χ4v) is 3.77. The van der Waals surface area contributed by atoms with Crippen molar-refractivity contribution in [2.24, 2.45) is 0 Å². The molecule has 2 aromatic rings. The molecule has 0 radical (unpaired) electrons. The highest BCUT2D eigenvalue weighted by atomic mass is 16.1. The second kappa shape index (κ2) is 7.73. The summed E-state index contributed by atoms with van der Waals surface area (Å²) in [4.78, 5) is 26.6. The van der Waals surface area contributed by atoms with Gasteiger partial charge in [0.1, 0.15) is 5.78 Å². The van der Waals surface area contributed by atoms with E-state index in [1.54, 1.807) is 0 Å². The van der Waals surface area contributed by atoms with Crippen LogP contribution in [0.5, 0.6) is 0 Å². The van der Waals surface area contributed by atoms with Gasteiger partial charge >= 0.3 is 0 Å². The molecular weight excluding hydrogens is 324 g/mol. The first-order chi connectivity index (χ1) is 12.5. The molecular formula is C22H26N2O2. The summed E-state index contributed by atoms with van der Waals surface area (Å²) in [6.45, 7) is 0.547. The van der Waals surface area contributed by atoms with Crippen molar-refractivity contribution in [3.05, 3.63) is 65.7 Å². The zero-order valence-corrected chi connectivity index (χ0v) is 15.5. The van der Waals surface area contributed by atoms with Crippen LogP contribution in [0.15, 0.2) is 54.6 Å². The minimum Gasteiger partial charge on any atom is -0.377 e. The Hall–Kier alpha value is -2.62. The van der Waals surface area contributed by atoms with Crippen molar-refractivity contribution < 1.29 is 9.59 Å². The molecule has 4 nitrogen and oxygen atoms in total. The summed E-state index contributed by atoms with van der Waals surface area (Å²) in [5.41, 5.74) is 2.61. The Morgan fingerprint density at radius 1 is 1.00 bits per heavy atom. The molecule has 1 fully saturated rings. The van der Waals surface area contributed by atoms with E-state index in [0.717, 1.165) is 18.5 Å². The third kappa shape index (κ3) is 3.79. The number of rotatable bonds is 5. The predicted octanol–water partition coefficient (Wildman–Crippen LogP) is 3.56. The first-order valence-corrected chi connectivity index (χ1v) is 9.14. The maximum absolute atomic E-state index is 12.8. The predicted molar refractivity (Wildman–Crippen MR) is 105 cm³/mol. The largest absolute Gasteiger partial charge is 0.377 e. The molecule has 0 aromatic heterocycles. The van der Waals surface area contributed by atoms with Crippen LogP contribution in [0.25, 0.3) is 0 Å². The van der Waals surface area contributed by atoms with Gasteiger partial charge in [0.15, 0.2) is 0 Å². The number of nitrogens with zero attached hydrogens (tertiary/aromatic N) is 1. The highest BCUT2D eigenvalue weighted by molar-refractivity contribution is 5.99. The fourth-order valence-electron chi connectivity index (χ4n) is 3.77. The monoisotopic (exact) mass is 350 g/mol. The Bertz CT molecular complexity index is 774. The summed E-state index contributed by atoms with van der Waals surface area (Å²) in [7, 11) is 3.87. The molecule has 0 spiro atoms. The number of hydrogen-bond donors (Lipinski definition) is 1. The van der Waals surface area contributed by atoms with Gasteiger partial charge in [-0.25, -0.2) is 0 Å². The average molecular weight is 350 g/mol. The zero-order valence-electron chi connectivity index (χ0n) is 15.5. The molecule has 1 aliphatic rings. The van der Waals surface area contributed by atoms with Crippen molar-refractivity contribution in [3.8, 4) is 0 Å². The SMILES string of the molecule is CN(C)c1ccccc1C(=O)NCC1(c2ccccc2)CCC(=O)CC1. The van der Waals surface area contributed by atoms with Crippen LogP contribution in [0, 0.1) is 0 Å². The minimum atomic E-state index is -0.169. The molecule has 0 saturated heterocycles. The quantitative estimate of drug-likeness (QED) is 0.897. The van der Waals surface area contributed by atoms with Crippen molar-refractivity contribution in [2.75, 3.05) is 25.5 Å². The summed E-state index contributed by atoms with van der Waals surface area (Å²) < 4.78 is 0. The van der Waals surface area contributed by atoms with Crippen molar-refractivity contribution in [1.29, 1.82) is 0 Å². The van der Waals surface area contributed by atoms with E-state index in [1.165, 1.54) is 5.56 Å². The van der Waals surface area contributed by atoms with Gasteiger partial charge in [-0.15, -0.1) is 0 Å². The lowest BCUT2D eigenvalue weighted by atomic mass is 9.69. The molecule has 0 atom stereocenters. The van der Waals surface area contributed by atoms with E-state index in [-0.39, 0.29) is 11.3 Å². The third-order valence-electron chi connectivity index (χ3n) is 5.37. The number of carbonyl (C=O) groups excluding carboxylic acids is 2. The third-order valence-corrected chi connectivity index (χ3v) is 5.37. The summed E-state index contributed by atoms with van der Waals surface area (Å²) in [5.74, 6) is 0.252. The van der Waals surface area contributed by atoms with E-state index in [1.807, 2.05) is 61.5 Å². The maximum atomic E-state index is 12.8. The van der Waals surface area contributed by atoms with Crippen LogP contribution in [0.1, 0.15) is 41.6 Å². The van der Waals surface area contributed by atoms with Crippen molar-refractivity contribution in [3.63, 3.8) is 0 Å². The number of hydrogen-bond acceptors (Lipinski definition) is 3. The number of anilines is 1. The normalized spacial score (nSPS) is 16.2. The lowest BCUT2D eigenvalue weighted by Gasteiger charge is -2.37. The van der Waals surface area contributed by atoms with Gasteiger partial charge in [0.25, 0.3) is 5.91 Å². The second-order valence-corrected chi connectivity index (χ2v) is 7.28.